The van der Waals surface area contributed by atoms with E-state index in [2.05, 4.69) is 10.3 Å². The molecular weight excluding hydrogens is 274 g/mol. The van der Waals surface area contributed by atoms with Crippen LogP contribution in [0.15, 0.2) is 24.3 Å². The highest BCUT2D eigenvalue weighted by atomic mass is 32.1. The van der Waals surface area contributed by atoms with Crippen LogP contribution in [-0.2, 0) is 6.54 Å². The number of methoxy groups -OCH3 is 2. The Morgan fingerprint density at radius 1 is 1.15 bits per heavy atom. The molecule has 6 heteroatoms. The van der Waals surface area contributed by atoms with Crippen molar-refractivity contribution in [3.63, 3.8) is 0 Å². The van der Waals surface area contributed by atoms with Gasteiger partial charge in [-0.25, -0.2) is 0 Å². The smallest absolute Gasteiger partial charge is 0.231 e. The van der Waals surface area contributed by atoms with Crippen LogP contribution in [0.1, 0.15) is 4.88 Å². The van der Waals surface area contributed by atoms with Crippen molar-refractivity contribution in [3.8, 4) is 11.6 Å². The summed E-state index contributed by atoms with van der Waals surface area (Å²) in [5.41, 5.74) is 1.03. The maximum atomic E-state index is 5.31. The van der Waals surface area contributed by atoms with Gasteiger partial charge in [-0.2, -0.15) is 4.98 Å². The van der Waals surface area contributed by atoms with E-state index in [1.165, 1.54) is 0 Å². The third-order valence-corrected chi connectivity index (χ3v) is 3.97. The molecule has 1 aromatic heterocycles. The Labute approximate surface area is 123 Å². The van der Waals surface area contributed by atoms with Crippen molar-refractivity contribution in [2.24, 2.45) is 0 Å². The Bertz CT molecular complexity index is 552. The maximum absolute atomic E-state index is 5.31. The molecule has 0 saturated carbocycles. The molecule has 2 aromatic rings. The van der Waals surface area contributed by atoms with Gasteiger partial charge in [0.05, 0.1) is 25.6 Å². The van der Waals surface area contributed by atoms with Gasteiger partial charge < -0.3 is 19.7 Å². The van der Waals surface area contributed by atoms with E-state index in [0.29, 0.717) is 12.4 Å². The predicted octanol–water partition coefficient (Wildman–Crippen LogP) is 2.84. The first-order valence-corrected chi connectivity index (χ1v) is 7.04. The lowest BCUT2D eigenvalue weighted by molar-refractivity contribution is 0.397. The van der Waals surface area contributed by atoms with E-state index >= 15 is 0 Å². The molecule has 0 amide bonds. The molecule has 0 unspecified atom stereocenters. The lowest BCUT2D eigenvalue weighted by atomic mass is 10.3. The van der Waals surface area contributed by atoms with E-state index in [-0.39, 0.29) is 0 Å². The van der Waals surface area contributed by atoms with Crippen LogP contribution < -0.4 is 19.7 Å². The zero-order valence-electron chi connectivity index (χ0n) is 12.1. The highest BCUT2D eigenvalue weighted by Crippen LogP contribution is 2.31. The van der Waals surface area contributed by atoms with Crippen molar-refractivity contribution < 1.29 is 9.47 Å². The van der Waals surface area contributed by atoms with Crippen LogP contribution >= 0.6 is 11.3 Å². The average molecular weight is 293 g/mol. The molecular formula is C14H19N3O2S. The molecule has 0 saturated heterocycles. The second-order valence-corrected chi connectivity index (χ2v) is 5.47. The van der Waals surface area contributed by atoms with Crippen LogP contribution in [0.3, 0.4) is 0 Å². The summed E-state index contributed by atoms with van der Waals surface area (Å²) in [7, 11) is 7.25. The van der Waals surface area contributed by atoms with Crippen molar-refractivity contribution in [1.82, 2.24) is 4.98 Å². The Morgan fingerprint density at radius 2 is 1.85 bits per heavy atom. The monoisotopic (exact) mass is 293 g/mol. The number of hydrogen-bond acceptors (Lipinski definition) is 6. The molecule has 0 atom stereocenters. The van der Waals surface area contributed by atoms with Gasteiger partial charge in [0, 0.05) is 19.8 Å². The Hall–Kier alpha value is -1.95. The zero-order chi connectivity index (χ0) is 14.5. The molecule has 20 heavy (non-hydrogen) atoms. The molecule has 0 spiro atoms. The standard InChI is InChI=1S/C14H19N3O2S/c1-17(2)14-16-13(19-4)12(20-14)9-15-10-5-7-11(18-3)8-6-10/h5-8,15H,9H2,1-4H3. The lowest BCUT2D eigenvalue weighted by Crippen LogP contribution is -2.07. The minimum absolute atomic E-state index is 0.680. The second kappa shape index (κ2) is 6.47. The van der Waals surface area contributed by atoms with Gasteiger partial charge in [-0.3, -0.25) is 0 Å². The van der Waals surface area contributed by atoms with Crippen LogP contribution in [0.25, 0.3) is 0 Å². The maximum Gasteiger partial charge on any atom is 0.231 e. The summed E-state index contributed by atoms with van der Waals surface area (Å²) in [6, 6.07) is 7.83. The summed E-state index contributed by atoms with van der Waals surface area (Å²) in [6.07, 6.45) is 0. The van der Waals surface area contributed by atoms with E-state index in [1.807, 2.05) is 43.3 Å². The fourth-order valence-corrected chi connectivity index (χ4v) is 2.57. The van der Waals surface area contributed by atoms with Crippen LogP contribution in [0.4, 0.5) is 10.8 Å². The van der Waals surface area contributed by atoms with Crippen molar-refractivity contribution in [1.29, 1.82) is 0 Å². The number of ether oxygens (including phenoxy) is 2. The van der Waals surface area contributed by atoms with Crippen molar-refractivity contribution in [2.45, 2.75) is 6.54 Å². The van der Waals surface area contributed by atoms with Gasteiger partial charge in [0.2, 0.25) is 5.88 Å². The number of nitrogens with zero attached hydrogens (tertiary/aromatic N) is 2. The normalized spacial score (nSPS) is 10.2. The van der Waals surface area contributed by atoms with E-state index < -0.39 is 0 Å². The number of hydrogen-bond donors (Lipinski definition) is 1. The van der Waals surface area contributed by atoms with E-state index in [4.69, 9.17) is 9.47 Å². The first-order chi connectivity index (χ1) is 9.63. The number of nitrogens with one attached hydrogen (secondary N) is 1. The highest BCUT2D eigenvalue weighted by molar-refractivity contribution is 7.15. The van der Waals surface area contributed by atoms with Gasteiger partial charge in [-0.05, 0) is 24.3 Å². The summed E-state index contributed by atoms with van der Waals surface area (Å²) in [4.78, 5) is 7.48. The van der Waals surface area contributed by atoms with Crippen molar-refractivity contribution in [3.05, 3.63) is 29.1 Å². The van der Waals surface area contributed by atoms with Crippen LogP contribution in [0.5, 0.6) is 11.6 Å². The zero-order valence-corrected chi connectivity index (χ0v) is 13.0. The van der Waals surface area contributed by atoms with E-state index in [0.717, 1.165) is 21.4 Å². The number of thiazole rings is 1. The summed E-state index contributed by atoms with van der Waals surface area (Å²) in [5, 5.41) is 4.29. The number of aromatic nitrogens is 1. The lowest BCUT2D eigenvalue weighted by Gasteiger charge is -2.07. The third kappa shape index (κ3) is 3.33. The molecule has 2 rings (SSSR count). The highest BCUT2D eigenvalue weighted by Gasteiger charge is 2.12. The van der Waals surface area contributed by atoms with Gasteiger partial charge in [0.15, 0.2) is 5.13 Å². The van der Waals surface area contributed by atoms with Gasteiger partial charge in [-0.15, -0.1) is 0 Å². The van der Waals surface area contributed by atoms with Crippen LogP contribution in [0, 0.1) is 0 Å². The number of anilines is 2. The van der Waals surface area contributed by atoms with Crippen LogP contribution in [0.2, 0.25) is 0 Å². The van der Waals surface area contributed by atoms with Gasteiger partial charge in [0.1, 0.15) is 5.75 Å². The molecule has 0 bridgehead atoms. The first kappa shape index (κ1) is 14.5. The molecule has 0 aliphatic heterocycles. The molecule has 1 heterocycles. The fourth-order valence-electron chi connectivity index (χ4n) is 1.68. The SMILES string of the molecule is COc1ccc(NCc2sc(N(C)C)nc2OC)cc1. The minimum atomic E-state index is 0.680. The molecule has 1 N–H and O–H groups in total. The second-order valence-electron chi connectivity index (χ2n) is 4.41. The Morgan fingerprint density at radius 3 is 2.40 bits per heavy atom. The van der Waals surface area contributed by atoms with Gasteiger partial charge in [-0.1, -0.05) is 11.3 Å². The first-order valence-electron chi connectivity index (χ1n) is 6.23. The quantitative estimate of drug-likeness (QED) is 0.887. The van der Waals surface area contributed by atoms with Gasteiger partial charge in [0.25, 0.3) is 0 Å². The molecule has 1 aromatic carbocycles. The summed E-state index contributed by atoms with van der Waals surface area (Å²) < 4.78 is 10.5. The molecule has 0 radical (unpaired) electrons. The van der Waals surface area contributed by atoms with Crippen molar-refractivity contribution >= 4 is 22.2 Å². The Balaban J connectivity index is 2.05. The van der Waals surface area contributed by atoms with Crippen LogP contribution in [-0.4, -0.2) is 33.3 Å². The topological polar surface area (TPSA) is 46.6 Å². The van der Waals surface area contributed by atoms with E-state index in [1.54, 1.807) is 25.6 Å². The number of rotatable bonds is 6. The molecule has 108 valence electrons. The summed E-state index contributed by atoms with van der Waals surface area (Å²) >= 11 is 1.62. The third-order valence-electron chi connectivity index (χ3n) is 2.77. The van der Waals surface area contributed by atoms with Gasteiger partial charge >= 0.3 is 0 Å². The predicted molar refractivity (Wildman–Crippen MR) is 83.3 cm³/mol. The Kier molecular flexibility index (Phi) is 4.68. The molecule has 0 aliphatic carbocycles. The average Bonchev–Trinajstić information content (AvgIpc) is 2.89. The molecule has 5 nitrogen and oxygen atoms in total. The largest absolute Gasteiger partial charge is 0.497 e. The van der Waals surface area contributed by atoms with E-state index in [9.17, 15) is 0 Å². The molecule has 0 aliphatic rings. The molecule has 0 fully saturated rings. The fraction of sp³-hybridized carbons (Fsp3) is 0.357. The number of benzene rings is 1. The summed E-state index contributed by atoms with van der Waals surface area (Å²) in [6.45, 7) is 0.682. The van der Waals surface area contributed by atoms with Crippen molar-refractivity contribution in [2.75, 3.05) is 38.5 Å². The minimum Gasteiger partial charge on any atom is -0.497 e. The summed E-state index contributed by atoms with van der Waals surface area (Å²) in [5.74, 6) is 1.53.